The van der Waals surface area contributed by atoms with Crippen molar-refractivity contribution in [3.05, 3.63) is 101 Å². The number of nitrogens with zero attached hydrogens (tertiary/aromatic N) is 1. The average Bonchev–Trinajstić information content (AvgIpc) is 2.86. The summed E-state index contributed by atoms with van der Waals surface area (Å²) < 4.78 is 18.6. The van der Waals surface area contributed by atoms with Gasteiger partial charge in [-0.15, -0.1) is 0 Å². The van der Waals surface area contributed by atoms with Crippen molar-refractivity contribution in [2.45, 2.75) is 39.4 Å². The fourth-order valence-electron chi connectivity index (χ4n) is 3.69. The van der Waals surface area contributed by atoms with Crippen molar-refractivity contribution >= 4 is 11.8 Å². The second-order valence-corrected chi connectivity index (χ2v) is 8.52. The van der Waals surface area contributed by atoms with Gasteiger partial charge >= 0.3 is 0 Å². The lowest BCUT2D eigenvalue weighted by Gasteiger charge is -2.33. The van der Waals surface area contributed by atoms with Gasteiger partial charge in [0.1, 0.15) is 17.6 Å². The molecular weight excluding hydrogens is 431 g/mol. The van der Waals surface area contributed by atoms with E-state index in [0.29, 0.717) is 13.0 Å². The third-order valence-electron chi connectivity index (χ3n) is 5.62. The predicted molar refractivity (Wildman–Crippen MR) is 131 cm³/mol. The quantitative estimate of drug-likeness (QED) is 0.473. The highest BCUT2D eigenvalue weighted by Crippen LogP contribution is 2.18. The Bertz CT molecular complexity index is 1070. The molecule has 2 amide bonds. The first-order valence-corrected chi connectivity index (χ1v) is 11.4. The zero-order valence-electron chi connectivity index (χ0n) is 19.8. The van der Waals surface area contributed by atoms with Gasteiger partial charge in [0, 0.05) is 25.4 Å². The lowest BCUT2D eigenvalue weighted by atomic mass is 10.0. The molecule has 3 aromatic carbocycles. The van der Waals surface area contributed by atoms with Crippen LogP contribution >= 0.6 is 0 Å². The lowest BCUT2D eigenvalue weighted by molar-refractivity contribution is -0.143. The molecule has 0 heterocycles. The lowest BCUT2D eigenvalue weighted by Crippen LogP contribution is -2.51. The molecule has 0 aliphatic heterocycles. The Morgan fingerprint density at radius 2 is 1.50 bits per heavy atom. The molecule has 0 radical (unpaired) electrons. The Kier molecular flexibility index (Phi) is 8.79. The zero-order chi connectivity index (χ0) is 24.5. The van der Waals surface area contributed by atoms with Gasteiger partial charge in [-0.05, 0) is 41.0 Å². The van der Waals surface area contributed by atoms with Gasteiger partial charge in [0.2, 0.25) is 11.8 Å². The molecule has 0 aliphatic rings. The number of halogens is 1. The first-order valence-electron chi connectivity index (χ1n) is 11.4. The Labute approximate surface area is 200 Å². The number of methoxy groups -OCH3 is 1. The van der Waals surface area contributed by atoms with Crippen LogP contribution in [0.2, 0.25) is 0 Å². The van der Waals surface area contributed by atoms with E-state index in [4.69, 9.17) is 4.74 Å². The molecule has 3 rings (SSSR count). The molecule has 1 N–H and O–H groups in total. The summed E-state index contributed by atoms with van der Waals surface area (Å²) in [5, 5.41) is 2.99. The van der Waals surface area contributed by atoms with Crippen LogP contribution in [-0.4, -0.2) is 29.9 Å². The maximum Gasteiger partial charge on any atom is 0.243 e. The average molecular weight is 463 g/mol. The van der Waals surface area contributed by atoms with Crippen molar-refractivity contribution < 1.29 is 18.7 Å². The van der Waals surface area contributed by atoms with Crippen LogP contribution in [-0.2, 0) is 29.1 Å². The molecular formula is C28H31FN2O3. The van der Waals surface area contributed by atoms with E-state index in [-0.39, 0.29) is 30.1 Å². The molecule has 0 fully saturated rings. The summed E-state index contributed by atoms with van der Waals surface area (Å²) in [6.45, 7) is 4.17. The largest absolute Gasteiger partial charge is 0.497 e. The van der Waals surface area contributed by atoms with Gasteiger partial charge < -0.3 is 15.0 Å². The number of nitrogens with one attached hydrogen (secondary N) is 1. The highest BCUT2D eigenvalue weighted by Gasteiger charge is 2.31. The fourth-order valence-corrected chi connectivity index (χ4v) is 3.69. The predicted octanol–water partition coefficient (Wildman–Crippen LogP) is 4.75. The number of carbonyl (C=O) groups excluding carboxylic acids is 2. The molecule has 0 bridgehead atoms. The van der Waals surface area contributed by atoms with Crippen molar-refractivity contribution in [1.82, 2.24) is 10.2 Å². The summed E-state index contributed by atoms with van der Waals surface area (Å²) in [4.78, 5) is 28.3. The second-order valence-electron chi connectivity index (χ2n) is 8.52. The van der Waals surface area contributed by atoms with E-state index in [1.165, 1.54) is 12.1 Å². The van der Waals surface area contributed by atoms with E-state index in [2.05, 4.69) is 5.32 Å². The third kappa shape index (κ3) is 6.91. The van der Waals surface area contributed by atoms with Gasteiger partial charge in [0.15, 0.2) is 0 Å². The van der Waals surface area contributed by atoms with E-state index in [1.807, 2.05) is 68.4 Å². The molecule has 0 aromatic heterocycles. The normalized spacial score (nSPS) is 11.7. The van der Waals surface area contributed by atoms with Crippen LogP contribution in [0.4, 0.5) is 4.39 Å². The number of rotatable bonds is 10. The summed E-state index contributed by atoms with van der Waals surface area (Å²) in [6, 6.07) is 22.4. The summed E-state index contributed by atoms with van der Waals surface area (Å²) >= 11 is 0. The van der Waals surface area contributed by atoms with E-state index in [0.717, 1.165) is 22.4 Å². The van der Waals surface area contributed by atoms with E-state index in [9.17, 15) is 14.0 Å². The van der Waals surface area contributed by atoms with Crippen molar-refractivity contribution in [3.8, 4) is 5.75 Å². The fraction of sp³-hybridized carbons (Fsp3) is 0.286. The molecule has 0 saturated carbocycles. The molecule has 3 aromatic rings. The minimum Gasteiger partial charge on any atom is -0.497 e. The molecule has 6 heteroatoms. The van der Waals surface area contributed by atoms with Crippen LogP contribution in [0, 0.1) is 11.7 Å². The van der Waals surface area contributed by atoms with Crippen LogP contribution in [0.15, 0.2) is 78.9 Å². The van der Waals surface area contributed by atoms with Gasteiger partial charge in [0.25, 0.3) is 0 Å². The van der Waals surface area contributed by atoms with Crippen LogP contribution in [0.25, 0.3) is 0 Å². The molecule has 0 saturated heterocycles. The molecule has 1 unspecified atom stereocenters. The molecule has 0 aliphatic carbocycles. The second kappa shape index (κ2) is 12.0. The number of ether oxygens (including phenoxy) is 1. The van der Waals surface area contributed by atoms with Gasteiger partial charge in [-0.2, -0.15) is 0 Å². The number of hydrogen-bond acceptors (Lipinski definition) is 3. The van der Waals surface area contributed by atoms with Crippen LogP contribution in [0.3, 0.4) is 0 Å². The number of benzene rings is 3. The maximum absolute atomic E-state index is 13.5. The van der Waals surface area contributed by atoms with E-state index in [1.54, 1.807) is 24.1 Å². The molecule has 34 heavy (non-hydrogen) atoms. The molecule has 178 valence electrons. The molecule has 0 spiro atoms. The van der Waals surface area contributed by atoms with E-state index < -0.39 is 6.04 Å². The van der Waals surface area contributed by atoms with Gasteiger partial charge in [-0.1, -0.05) is 68.4 Å². The van der Waals surface area contributed by atoms with Crippen molar-refractivity contribution in [1.29, 1.82) is 0 Å². The van der Waals surface area contributed by atoms with Gasteiger partial charge in [-0.25, -0.2) is 4.39 Å². The topological polar surface area (TPSA) is 58.6 Å². The summed E-state index contributed by atoms with van der Waals surface area (Å²) in [7, 11) is 1.60. The Hall–Kier alpha value is -3.67. The monoisotopic (exact) mass is 462 g/mol. The van der Waals surface area contributed by atoms with Crippen molar-refractivity contribution in [3.63, 3.8) is 0 Å². The smallest absolute Gasteiger partial charge is 0.243 e. The highest BCUT2D eigenvalue weighted by atomic mass is 19.1. The first-order chi connectivity index (χ1) is 16.4. The Morgan fingerprint density at radius 1 is 0.882 bits per heavy atom. The number of amides is 2. The van der Waals surface area contributed by atoms with E-state index >= 15 is 0 Å². The Balaban J connectivity index is 1.86. The molecule has 5 nitrogen and oxygen atoms in total. The third-order valence-corrected chi connectivity index (χ3v) is 5.62. The van der Waals surface area contributed by atoms with Gasteiger partial charge in [-0.3, -0.25) is 9.59 Å². The first kappa shape index (κ1) is 25.0. The standard InChI is InChI=1S/C28H31FN2O3/c1-20(2)28(33)31(19-23-9-13-24(29)14-10-23)26(17-21-7-5-4-6-8-21)27(32)30-18-22-11-15-25(34-3)16-12-22/h4-16,20,26H,17-19H2,1-3H3,(H,30,32). The zero-order valence-corrected chi connectivity index (χ0v) is 19.8. The molecule has 1 atom stereocenters. The highest BCUT2D eigenvalue weighted by molar-refractivity contribution is 5.88. The minimum atomic E-state index is -0.722. The van der Waals surface area contributed by atoms with Crippen LogP contribution < -0.4 is 10.1 Å². The number of carbonyl (C=O) groups is 2. The van der Waals surface area contributed by atoms with Crippen LogP contribution in [0.1, 0.15) is 30.5 Å². The van der Waals surface area contributed by atoms with Gasteiger partial charge in [0.05, 0.1) is 7.11 Å². The maximum atomic E-state index is 13.5. The minimum absolute atomic E-state index is 0.134. The summed E-state index contributed by atoms with van der Waals surface area (Å²) in [5.74, 6) is -0.276. The Morgan fingerprint density at radius 3 is 2.09 bits per heavy atom. The van der Waals surface area contributed by atoms with Crippen molar-refractivity contribution in [2.75, 3.05) is 7.11 Å². The van der Waals surface area contributed by atoms with Crippen molar-refractivity contribution in [2.24, 2.45) is 5.92 Å². The summed E-state index contributed by atoms with van der Waals surface area (Å²) in [6.07, 6.45) is 0.370. The van der Waals surface area contributed by atoms with Crippen LogP contribution in [0.5, 0.6) is 5.75 Å². The summed E-state index contributed by atoms with van der Waals surface area (Å²) in [5.41, 5.74) is 2.64. The number of hydrogen-bond donors (Lipinski definition) is 1. The SMILES string of the molecule is COc1ccc(CNC(=O)C(Cc2ccccc2)N(Cc2ccc(F)cc2)C(=O)C(C)C)cc1.